The Bertz CT molecular complexity index is 1880. The van der Waals surface area contributed by atoms with Gasteiger partial charge < -0.3 is 0 Å². The highest BCUT2D eigenvalue weighted by molar-refractivity contribution is 6.88. The second-order valence-electron chi connectivity index (χ2n) is 10.5. The van der Waals surface area contributed by atoms with Crippen molar-refractivity contribution in [3.63, 3.8) is 0 Å². The first-order valence-corrected chi connectivity index (χ1v) is 15.9. The first-order valence-electron chi connectivity index (χ1n) is 12.4. The molecule has 0 bridgehead atoms. The molecular formula is C33H25FN2Si. The lowest BCUT2D eigenvalue weighted by Crippen LogP contribution is -2.37. The summed E-state index contributed by atoms with van der Waals surface area (Å²) in [4.78, 5) is 4.68. The van der Waals surface area contributed by atoms with Gasteiger partial charge in [0.15, 0.2) is 0 Å². The molecule has 1 heterocycles. The Morgan fingerprint density at radius 3 is 2.16 bits per heavy atom. The Labute approximate surface area is 216 Å². The van der Waals surface area contributed by atoms with E-state index in [1.54, 1.807) is 6.20 Å². The summed E-state index contributed by atoms with van der Waals surface area (Å²) in [7, 11) is -1.42. The first kappa shape index (κ1) is 23.1. The zero-order valence-corrected chi connectivity index (χ0v) is 22.0. The third kappa shape index (κ3) is 3.89. The maximum absolute atomic E-state index is 15.9. The number of fused-ring (bicyclic) bond motifs is 4. The van der Waals surface area contributed by atoms with E-state index in [4.69, 9.17) is 0 Å². The Morgan fingerprint density at radius 1 is 0.703 bits per heavy atom. The van der Waals surface area contributed by atoms with Crippen LogP contribution in [0.25, 0.3) is 54.7 Å². The van der Waals surface area contributed by atoms with Crippen LogP contribution in [0.5, 0.6) is 0 Å². The highest BCUT2D eigenvalue weighted by Gasteiger charge is 2.18. The minimum Gasteiger partial charge on any atom is -0.256 e. The summed E-state index contributed by atoms with van der Waals surface area (Å²) in [5, 5.41) is 16.3. The maximum atomic E-state index is 15.9. The van der Waals surface area contributed by atoms with Crippen LogP contribution in [0.2, 0.25) is 19.6 Å². The summed E-state index contributed by atoms with van der Waals surface area (Å²) >= 11 is 0. The number of aromatic nitrogens is 1. The predicted molar refractivity (Wildman–Crippen MR) is 155 cm³/mol. The quantitative estimate of drug-likeness (QED) is 0.182. The molecule has 0 saturated heterocycles. The fraction of sp³-hybridized carbons (Fsp3) is 0.0909. The molecule has 0 fully saturated rings. The van der Waals surface area contributed by atoms with E-state index < -0.39 is 8.07 Å². The van der Waals surface area contributed by atoms with Crippen LogP contribution in [0.15, 0.2) is 97.2 Å². The highest BCUT2D eigenvalue weighted by atomic mass is 28.3. The SMILES string of the molecule is C[Si](C)(C)c1ccc(-c2ccc3c(ccc4c(-c5cc(C#N)c6ccccc6c5)nccc43)c2F)cc1. The zero-order valence-electron chi connectivity index (χ0n) is 21.0. The molecule has 1 aromatic heterocycles. The van der Waals surface area contributed by atoms with E-state index in [2.05, 4.69) is 48.9 Å². The molecule has 0 aliphatic rings. The predicted octanol–water partition coefficient (Wildman–Crippen LogP) is 8.43. The molecule has 0 radical (unpaired) electrons. The summed E-state index contributed by atoms with van der Waals surface area (Å²) in [6.45, 7) is 6.93. The minimum absolute atomic E-state index is 0.212. The van der Waals surface area contributed by atoms with E-state index in [1.165, 1.54) is 5.19 Å². The lowest BCUT2D eigenvalue weighted by Gasteiger charge is -2.17. The summed E-state index contributed by atoms with van der Waals surface area (Å²) in [5.41, 5.74) is 3.77. The molecule has 6 aromatic rings. The average Bonchev–Trinajstić information content (AvgIpc) is 2.91. The number of hydrogen-bond donors (Lipinski definition) is 0. The number of pyridine rings is 1. The Hall–Kier alpha value is -4.33. The molecule has 0 unspecified atom stereocenters. The molecule has 0 N–H and O–H groups in total. The second kappa shape index (κ2) is 8.65. The van der Waals surface area contributed by atoms with E-state index in [-0.39, 0.29) is 5.82 Å². The molecular weight excluding hydrogens is 471 g/mol. The molecule has 6 rings (SSSR count). The van der Waals surface area contributed by atoms with Gasteiger partial charge in [-0.1, -0.05) is 97.6 Å². The van der Waals surface area contributed by atoms with Crippen LogP contribution >= 0.6 is 0 Å². The smallest absolute Gasteiger partial charge is 0.138 e. The van der Waals surface area contributed by atoms with Crippen LogP contribution in [0.3, 0.4) is 0 Å². The molecule has 0 saturated carbocycles. The lowest BCUT2D eigenvalue weighted by molar-refractivity contribution is 0.643. The van der Waals surface area contributed by atoms with Gasteiger partial charge >= 0.3 is 0 Å². The van der Waals surface area contributed by atoms with Gasteiger partial charge in [-0.25, -0.2) is 4.39 Å². The van der Waals surface area contributed by atoms with Gasteiger partial charge in [0.1, 0.15) is 5.82 Å². The molecule has 0 aliphatic carbocycles. The van der Waals surface area contributed by atoms with Gasteiger partial charge in [0.2, 0.25) is 0 Å². The standard InChI is InChI=1S/C33H25FN2Si/c1-37(2,3)25-10-8-21(9-11-25)27-12-13-28-29-16-17-36-33(31(29)15-14-30(28)32(27)34)23-18-22-6-4-5-7-26(22)24(19-23)20-35/h4-19H,1-3H3. The van der Waals surface area contributed by atoms with E-state index >= 15 is 4.39 Å². The molecule has 5 aromatic carbocycles. The second-order valence-corrected chi connectivity index (χ2v) is 15.6. The van der Waals surface area contributed by atoms with Gasteiger partial charge in [0.05, 0.1) is 25.4 Å². The van der Waals surface area contributed by atoms with Crippen LogP contribution in [0, 0.1) is 17.1 Å². The van der Waals surface area contributed by atoms with E-state index in [0.29, 0.717) is 16.5 Å². The molecule has 0 spiro atoms. The molecule has 0 aliphatic heterocycles. The van der Waals surface area contributed by atoms with Crippen LogP contribution in [-0.4, -0.2) is 13.1 Å². The lowest BCUT2D eigenvalue weighted by atomic mass is 9.94. The van der Waals surface area contributed by atoms with E-state index in [9.17, 15) is 5.26 Å². The number of rotatable bonds is 3. The molecule has 0 atom stereocenters. The van der Waals surface area contributed by atoms with Crippen molar-refractivity contribution in [3.8, 4) is 28.5 Å². The van der Waals surface area contributed by atoms with Crippen molar-refractivity contribution in [3.05, 3.63) is 109 Å². The van der Waals surface area contributed by atoms with Gasteiger partial charge in [0, 0.05) is 28.1 Å². The van der Waals surface area contributed by atoms with Crippen LogP contribution < -0.4 is 5.19 Å². The van der Waals surface area contributed by atoms with Gasteiger partial charge in [-0.05, 0) is 45.3 Å². The van der Waals surface area contributed by atoms with Gasteiger partial charge in [0.25, 0.3) is 0 Å². The number of nitriles is 1. The molecule has 4 heteroatoms. The van der Waals surface area contributed by atoms with Crippen molar-refractivity contribution in [1.29, 1.82) is 5.26 Å². The first-order chi connectivity index (χ1) is 17.8. The minimum atomic E-state index is -1.42. The number of hydrogen-bond acceptors (Lipinski definition) is 2. The molecule has 2 nitrogen and oxygen atoms in total. The van der Waals surface area contributed by atoms with Crippen LogP contribution in [0.1, 0.15) is 5.56 Å². The third-order valence-electron chi connectivity index (χ3n) is 7.19. The van der Waals surface area contributed by atoms with Crippen molar-refractivity contribution in [2.45, 2.75) is 19.6 Å². The Morgan fingerprint density at radius 2 is 1.41 bits per heavy atom. The monoisotopic (exact) mass is 496 g/mol. The Kier molecular flexibility index (Phi) is 5.40. The summed E-state index contributed by atoms with van der Waals surface area (Å²) < 4.78 is 15.9. The number of nitrogens with zero attached hydrogens (tertiary/aromatic N) is 2. The summed E-state index contributed by atoms with van der Waals surface area (Å²) in [6, 6.07) is 32.1. The molecule has 37 heavy (non-hydrogen) atoms. The van der Waals surface area contributed by atoms with Crippen molar-refractivity contribution in [1.82, 2.24) is 4.98 Å². The Balaban J connectivity index is 1.52. The molecule has 178 valence electrons. The zero-order chi connectivity index (χ0) is 25.7. The van der Waals surface area contributed by atoms with Gasteiger partial charge in [-0.15, -0.1) is 0 Å². The summed E-state index contributed by atoms with van der Waals surface area (Å²) in [6.07, 6.45) is 1.76. The van der Waals surface area contributed by atoms with E-state index in [0.717, 1.165) is 43.8 Å². The topological polar surface area (TPSA) is 36.7 Å². The van der Waals surface area contributed by atoms with Crippen molar-refractivity contribution >= 4 is 45.6 Å². The van der Waals surface area contributed by atoms with Crippen molar-refractivity contribution in [2.24, 2.45) is 0 Å². The van der Waals surface area contributed by atoms with Crippen LogP contribution in [0.4, 0.5) is 4.39 Å². The van der Waals surface area contributed by atoms with Crippen molar-refractivity contribution < 1.29 is 4.39 Å². The fourth-order valence-corrected chi connectivity index (χ4v) is 6.34. The van der Waals surface area contributed by atoms with E-state index in [1.807, 2.05) is 72.8 Å². The largest absolute Gasteiger partial charge is 0.256 e. The number of benzene rings is 5. The average molecular weight is 497 g/mol. The van der Waals surface area contributed by atoms with Gasteiger partial charge in [-0.3, -0.25) is 4.98 Å². The fourth-order valence-electron chi connectivity index (χ4n) is 5.18. The maximum Gasteiger partial charge on any atom is 0.138 e. The number of halogens is 1. The third-order valence-corrected chi connectivity index (χ3v) is 9.26. The van der Waals surface area contributed by atoms with Crippen LogP contribution in [-0.2, 0) is 0 Å². The normalized spacial score (nSPS) is 11.8. The highest BCUT2D eigenvalue weighted by Crippen LogP contribution is 2.37. The summed E-state index contributed by atoms with van der Waals surface area (Å²) in [5.74, 6) is -0.212. The molecule has 0 amide bonds. The van der Waals surface area contributed by atoms with Crippen molar-refractivity contribution in [2.75, 3.05) is 0 Å². The van der Waals surface area contributed by atoms with Gasteiger partial charge in [-0.2, -0.15) is 5.26 Å².